The van der Waals surface area contributed by atoms with Crippen molar-refractivity contribution < 1.29 is 13.9 Å². The Balaban J connectivity index is 1.40. The molecule has 0 aliphatic carbocycles. The molecule has 4 rings (SSSR count). The first-order chi connectivity index (χ1) is 15.0. The van der Waals surface area contributed by atoms with Gasteiger partial charge in [-0.05, 0) is 102 Å². The maximum Gasteiger partial charge on any atom is 0.307 e. The number of rotatable bonds is 6. The number of hydrogen-bond donors (Lipinski definition) is 1. The Bertz CT molecular complexity index is 1210. The molecule has 0 fully saturated rings. The van der Waals surface area contributed by atoms with Crippen molar-refractivity contribution in [2.45, 2.75) is 6.61 Å². The zero-order valence-electron chi connectivity index (χ0n) is 15.9. The number of halogens is 3. The van der Waals surface area contributed by atoms with E-state index in [2.05, 4.69) is 65.0 Å². The lowest BCUT2D eigenvalue weighted by molar-refractivity contribution is 0.0929. The van der Waals surface area contributed by atoms with Crippen LogP contribution in [-0.4, -0.2) is 12.1 Å². The molecule has 1 amide bonds. The number of nitrogens with one attached hydrogen (secondary N) is 1. The van der Waals surface area contributed by atoms with E-state index in [4.69, 9.17) is 9.15 Å². The van der Waals surface area contributed by atoms with Crippen LogP contribution < -0.4 is 10.2 Å². The second-order valence-corrected chi connectivity index (χ2v) is 9.53. The third kappa shape index (κ3) is 5.55. The quantitative estimate of drug-likeness (QED) is 0.140. The highest BCUT2D eigenvalue weighted by molar-refractivity contribution is 14.1. The second-order valence-electron chi connectivity index (χ2n) is 6.58. The maximum absolute atomic E-state index is 12.3. The van der Waals surface area contributed by atoms with Gasteiger partial charge in [0.1, 0.15) is 17.9 Å². The molecule has 0 aliphatic rings. The zero-order chi connectivity index (χ0) is 21.8. The second kappa shape index (κ2) is 9.97. The fourth-order valence-corrected chi connectivity index (χ4v) is 4.65. The minimum Gasteiger partial charge on any atom is -0.487 e. The SMILES string of the molecule is O=C(N/N=C/c1cc(Br)c(OCc2ccc(I)cc2)c(Br)c1)c1cc2ccccc2o1. The Morgan fingerprint density at radius 1 is 1.06 bits per heavy atom. The highest BCUT2D eigenvalue weighted by atomic mass is 127. The Kier molecular flexibility index (Phi) is 7.09. The average molecular weight is 654 g/mol. The van der Waals surface area contributed by atoms with E-state index in [1.165, 1.54) is 3.57 Å². The van der Waals surface area contributed by atoms with Crippen LogP contribution in [0.2, 0.25) is 0 Å². The number of ether oxygens (including phenoxy) is 1. The van der Waals surface area contributed by atoms with Gasteiger partial charge in [-0.3, -0.25) is 4.79 Å². The number of nitrogens with zero attached hydrogens (tertiary/aromatic N) is 1. The minimum absolute atomic E-state index is 0.208. The highest BCUT2D eigenvalue weighted by Crippen LogP contribution is 2.35. The first-order valence-electron chi connectivity index (χ1n) is 9.18. The Morgan fingerprint density at radius 3 is 2.48 bits per heavy atom. The van der Waals surface area contributed by atoms with E-state index in [0.29, 0.717) is 17.9 Å². The Labute approximate surface area is 209 Å². The maximum atomic E-state index is 12.3. The van der Waals surface area contributed by atoms with Crippen molar-refractivity contribution >= 4 is 77.5 Å². The molecule has 0 aliphatic heterocycles. The van der Waals surface area contributed by atoms with Crippen LogP contribution in [0, 0.1) is 3.57 Å². The summed E-state index contributed by atoms with van der Waals surface area (Å²) in [5.74, 6) is 0.491. The topological polar surface area (TPSA) is 63.8 Å². The van der Waals surface area contributed by atoms with Crippen molar-refractivity contribution in [3.8, 4) is 5.75 Å². The molecule has 5 nitrogen and oxygen atoms in total. The fraction of sp³-hybridized carbons (Fsp3) is 0.0435. The van der Waals surface area contributed by atoms with E-state index in [1.807, 2.05) is 60.7 Å². The van der Waals surface area contributed by atoms with Crippen LogP contribution in [0.4, 0.5) is 0 Å². The molecular formula is C23H15Br2IN2O3. The van der Waals surface area contributed by atoms with Gasteiger partial charge in [0.2, 0.25) is 0 Å². The molecule has 0 bridgehead atoms. The van der Waals surface area contributed by atoms with E-state index in [-0.39, 0.29) is 5.76 Å². The van der Waals surface area contributed by atoms with Gasteiger partial charge in [0.05, 0.1) is 15.2 Å². The van der Waals surface area contributed by atoms with Gasteiger partial charge in [-0.2, -0.15) is 5.10 Å². The van der Waals surface area contributed by atoms with E-state index in [1.54, 1.807) is 12.3 Å². The molecule has 0 saturated carbocycles. The summed E-state index contributed by atoms with van der Waals surface area (Å²) in [5.41, 5.74) is 5.01. The van der Waals surface area contributed by atoms with Crippen LogP contribution in [0.5, 0.6) is 5.75 Å². The smallest absolute Gasteiger partial charge is 0.307 e. The first kappa shape index (κ1) is 22.0. The van der Waals surface area contributed by atoms with Crippen molar-refractivity contribution in [3.05, 3.63) is 96.1 Å². The summed E-state index contributed by atoms with van der Waals surface area (Å²) in [6.45, 7) is 0.453. The number of fused-ring (bicyclic) bond motifs is 1. The first-order valence-corrected chi connectivity index (χ1v) is 11.8. The van der Waals surface area contributed by atoms with Crippen LogP contribution in [-0.2, 0) is 6.61 Å². The molecule has 0 saturated heterocycles. The Hall–Kier alpha value is -2.17. The number of hydrazone groups is 1. The molecule has 0 spiro atoms. The lowest BCUT2D eigenvalue weighted by Gasteiger charge is -2.11. The number of hydrogen-bond acceptors (Lipinski definition) is 4. The number of furan rings is 1. The fourth-order valence-electron chi connectivity index (χ4n) is 2.84. The van der Waals surface area contributed by atoms with Crippen LogP contribution in [0.25, 0.3) is 11.0 Å². The summed E-state index contributed by atoms with van der Waals surface area (Å²) in [4.78, 5) is 12.3. The third-order valence-corrected chi connectivity index (χ3v) is 6.24. The van der Waals surface area contributed by atoms with Gasteiger partial charge >= 0.3 is 5.91 Å². The molecule has 0 radical (unpaired) electrons. The molecule has 0 atom stereocenters. The predicted molar refractivity (Wildman–Crippen MR) is 137 cm³/mol. The van der Waals surface area contributed by atoms with Crippen LogP contribution in [0.15, 0.2) is 85.2 Å². The number of para-hydroxylation sites is 1. The summed E-state index contributed by atoms with van der Waals surface area (Å²) >= 11 is 9.35. The zero-order valence-corrected chi connectivity index (χ0v) is 21.3. The molecule has 156 valence electrons. The molecule has 0 unspecified atom stereocenters. The Morgan fingerprint density at radius 2 is 1.77 bits per heavy atom. The molecular weight excluding hydrogens is 639 g/mol. The van der Waals surface area contributed by atoms with Crippen LogP contribution in [0.1, 0.15) is 21.7 Å². The summed E-state index contributed by atoms with van der Waals surface area (Å²) in [6.07, 6.45) is 1.55. The highest BCUT2D eigenvalue weighted by Gasteiger charge is 2.12. The lowest BCUT2D eigenvalue weighted by atomic mass is 10.2. The molecule has 3 aromatic carbocycles. The molecule has 1 N–H and O–H groups in total. The van der Waals surface area contributed by atoms with Gasteiger partial charge in [-0.15, -0.1) is 0 Å². The molecule has 1 aromatic heterocycles. The number of carbonyl (C=O) groups excluding carboxylic acids is 1. The van der Waals surface area contributed by atoms with E-state index >= 15 is 0 Å². The van der Waals surface area contributed by atoms with Gasteiger partial charge in [0.15, 0.2) is 5.76 Å². The number of carbonyl (C=O) groups is 1. The minimum atomic E-state index is -0.414. The summed E-state index contributed by atoms with van der Waals surface area (Å²) in [5, 5.41) is 4.90. The van der Waals surface area contributed by atoms with Crippen LogP contribution in [0.3, 0.4) is 0 Å². The normalized spacial score (nSPS) is 11.2. The summed E-state index contributed by atoms with van der Waals surface area (Å²) in [6, 6.07) is 21.0. The average Bonchev–Trinajstić information content (AvgIpc) is 3.19. The standard InChI is InChI=1S/C23H15Br2IN2O3/c24-18-9-15(10-19(25)22(18)30-13-14-5-7-17(26)8-6-14)12-27-28-23(29)21-11-16-3-1-2-4-20(16)31-21/h1-12H,13H2,(H,28,29)/b27-12+. The van der Waals surface area contributed by atoms with Gasteiger partial charge in [0.25, 0.3) is 0 Å². The van der Waals surface area contributed by atoms with Crippen molar-refractivity contribution in [2.24, 2.45) is 5.10 Å². The largest absolute Gasteiger partial charge is 0.487 e. The van der Waals surface area contributed by atoms with Crippen LogP contribution >= 0.6 is 54.5 Å². The monoisotopic (exact) mass is 652 g/mol. The summed E-state index contributed by atoms with van der Waals surface area (Å²) in [7, 11) is 0. The van der Waals surface area contributed by atoms with Gasteiger partial charge < -0.3 is 9.15 Å². The van der Waals surface area contributed by atoms with E-state index < -0.39 is 5.91 Å². The van der Waals surface area contributed by atoms with Crippen molar-refractivity contribution in [3.63, 3.8) is 0 Å². The van der Waals surface area contributed by atoms with Crippen molar-refractivity contribution in [2.75, 3.05) is 0 Å². The molecule has 4 aromatic rings. The number of benzene rings is 3. The van der Waals surface area contributed by atoms with Gasteiger partial charge in [-0.25, -0.2) is 5.43 Å². The third-order valence-electron chi connectivity index (χ3n) is 4.35. The lowest BCUT2D eigenvalue weighted by Crippen LogP contribution is -2.16. The van der Waals surface area contributed by atoms with E-state index in [0.717, 1.165) is 25.5 Å². The van der Waals surface area contributed by atoms with Crippen molar-refractivity contribution in [1.29, 1.82) is 0 Å². The molecule has 1 heterocycles. The molecule has 31 heavy (non-hydrogen) atoms. The summed E-state index contributed by atoms with van der Waals surface area (Å²) < 4.78 is 14.2. The van der Waals surface area contributed by atoms with E-state index in [9.17, 15) is 4.79 Å². The van der Waals surface area contributed by atoms with Gasteiger partial charge in [-0.1, -0.05) is 30.3 Å². The molecule has 8 heteroatoms. The number of amides is 1. The van der Waals surface area contributed by atoms with Crippen molar-refractivity contribution in [1.82, 2.24) is 5.43 Å². The predicted octanol–water partition coefficient (Wildman–Crippen LogP) is 6.91. The van der Waals surface area contributed by atoms with Gasteiger partial charge in [0, 0.05) is 8.96 Å².